The van der Waals surface area contributed by atoms with Crippen molar-refractivity contribution in [2.45, 2.75) is 38.7 Å². The van der Waals surface area contributed by atoms with Gasteiger partial charge in [-0.05, 0) is 37.0 Å². The van der Waals surface area contributed by atoms with E-state index in [1.54, 1.807) is 7.11 Å². The van der Waals surface area contributed by atoms with E-state index < -0.39 is 25.4 Å². The maximum atomic E-state index is 6.36. The maximum absolute atomic E-state index is 6.36. The first-order valence-corrected chi connectivity index (χ1v) is 15.9. The van der Waals surface area contributed by atoms with E-state index in [4.69, 9.17) is 12.7 Å². The third-order valence-electron chi connectivity index (χ3n) is 2.75. The highest BCUT2D eigenvalue weighted by atomic mass is 127. The summed E-state index contributed by atoms with van der Waals surface area (Å²) < 4.78 is 19.6. The molecule has 0 N–H and O–H groups in total. The summed E-state index contributed by atoms with van der Waals surface area (Å²) in [5.41, 5.74) is 3.87. The van der Waals surface area contributed by atoms with Gasteiger partial charge in [0.1, 0.15) is 0 Å². The Balaban J connectivity index is 5.18. The summed E-state index contributed by atoms with van der Waals surface area (Å²) in [5, 5.41) is 0. The van der Waals surface area contributed by atoms with Crippen molar-refractivity contribution in [2.75, 3.05) is 11.5 Å². The van der Waals surface area contributed by atoms with Crippen LogP contribution in [0.3, 0.4) is 0 Å². The topological polar surface area (TPSA) is 27.7 Å². The van der Waals surface area contributed by atoms with Crippen LogP contribution in [0.2, 0.25) is 32.2 Å². The molecule has 0 heterocycles. The summed E-state index contributed by atoms with van der Waals surface area (Å²) in [6.45, 7) is 16.3. The van der Waals surface area contributed by atoms with E-state index in [2.05, 4.69) is 61.9 Å². The lowest BCUT2D eigenvalue weighted by Crippen LogP contribution is -2.57. The number of hydrogen-bond acceptors (Lipinski definition) is 3. The highest BCUT2D eigenvalue weighted by Crippen LogP contribution is 2.27. The van der Waals surface area contributed by atoms with Crippen LogP contribution in [0.5, 0.6) is 0 Å². The fraction of sp³-hybridized carbons (Fsp3) is 0.667. The van der Waals surface area contributed by atoms with Crippen LogP contribution in [-0.2, 0) is 12.7 Å². The second-order valence-electron chi connectivity index (χ2n) is 5.50. The van der Waals surface area contributed by atoms with Gasteiger partial charge in [0.05, 0.1) is 0 Å². The second-order valence-corrected chi connectivity index (χ2v) is 17.7. The standard InChI is InChI=1S/C12H27IO3Si3/c1-8-17(4,5)15-19(14-3,12-10-11-13)16-18(6,7)9-2/h8-9H,1-2,10-12H2,3-7H3. The molecule has 19 heavy (non-hydrogen) atoms. The molecule has 0 aliphatic carbocycles. The molecule has 0 saturated carbocycles. The molecule has 0 amide bonds. The minimum Gasteiger partial charge on any atom is -0.412 e. The van der Waals surface area contributed by atoms with Crippen molar-refractivity contribution in [3.8, 4) is 0 Å². The van der Waals surface area contributed by atoms with Gasteiger partial charge < -0.3 is 12.7 Å². The minimum atomic E-state index is -2.63. The molecular formula is C12H27IO3Si3. The minimum absolute atomic E-state index is 0.862. The third kappa shape index (κ3) is 7.34. The molecule has 0 rings (SSSR count). The highest BCUT2D eigenvalue weighted by Gasteiger charge is 2.47. The van der Waals surface area contributed by atoms with Crippen molar-refractivity contribution in [3.63, 3.8) is 0 Å². The van der Waals surface area contributed by atoms with Gasteiger partial charge in [-0.3, -0.25) is 0 Å². The van der Waals surface area contributed by atoms with E-state index in [-0.39, 0.29) is 0 Å². The van der Waals surface area contributed by atoms with Crippen molar-refractivity contribution >= 4 is 48.0 Å². The van der Waals surface area contributed by atoms with Crippen LogP contribution >= 0.6 is 22.6 Å². The lowest BCUT2D eigenvalue weighted by Gasteiger charge is -2.38. The summed E-state index contributed by atoms with van der Waals surface area (Å²) in [5.74, 6) is 0. The number of rotatable bonds is 10. The average Bonchev–Trinajstić information content (AvgIpc) is 2.35. The van der Waals surface area contributed by atoms with Crippen LogP contribution in [0, 0.1) is 0 Å². The monoisotopic (exact) mass is 430 g/mol. The van der Waals surface area contributed by atoms with Crippen LogP contribution in [0.4, 0.5) is 0 Å². The van der Waals surface area contributed by atoms with Gasteiger partial charge in [0.15, 0.2) is 0 Å². The first-order valence-electron chi connectivity index (χ1n) is 6.44. The molecule has 0 aromatic rings. The summed E-state index contributed by atoms with van der Waals surface area (Å²) >= 11 is 2.37. The van der Waals surface area contributed by atoms with Crippen molar-refractivity contribution in [3.05, 3.63) is 24.6 Å². The summed E-state index contributed by atoms with van der Waals surface area (Å²) in [4.78, 5) is 0. The molecule has 0 aliphatic rings. The van der Waals surface area contributed by atoms with Gasteiger partial charge in [-0.15, -0.1) is 13.2 Å². The van der Waals surface area contributed by atoms with Gasteiger partial charge >= 0.3 is 8.80 Å². The Hall–Kier alpha value is 0.741. The molecule has 0 bridgehead atoms. The van der Waals surface area contributed by atoms with Crippen LogP contribution in [0.25, 0.3) is 0 Å². The maximum Gasteiger partial charge on any atom is 0.480 e. The molecule has 0 saturated heterocycles. The second kappa shape index (κ2) is 8.25. The first kappa shape index (κ1) is 19.7. The van der Waals surface area contributed by atoms with Crippen molar-refractivity contribution in [2.24, 2.45) is 0 Å². The van der Waals surface area contributed by atoms with Crippen molar-refractivity contribution in [1.82, 2.24) is 0 Å². The van der Waals surface area contributed by atoms with Gasteiger partial charge in [0, 0.05) is 13.2 Å². The molecule has 112 valence electrons. The molecule has 0 aliphatic heterocycles. The Morgan fingerprint density at radius 3 is 1.68 bits per heavy atom. The molecule has 7 heteroatoms. The van der Waals surface area contributed by atoms with E-state index in [1.807, 2.05) is 11.4 Å². The Bertz CT molecular complexity index is 287. The number of halogens is 1. The molecule has 0 spiro atoms. The summed E-state index contributed by atoms with van der Waals surface area (Å²) in [7, 11) is -4.79. The molecule has 3 nitrogen and oxygen atoms in total. The van der Waals surface area contributed by atoms with E-state index in [0.717, 1.165) is 16.9 Å². The Labute approximate surface area is 135 Å². The highest BCUT2D eigenvalue weighted by molar-refractivity contribution is 14.1. The summed E-state index contributed by atoms with van der Waals surface area (Å²) in [6.07, 6.45) is 1.05. The van der Waals surface area contributed by atoms with Crippen molar-refractivity contribution < 1.29 is 12.7 Å². The van der Waals surface area contributed by atoms with Gasteiger partial charge in [0.25, 0.3) is 0 Å². The first-order chi connectivity index (χ1) is 8.66. The van der Waals surface area contributed by atoms with Gasteiger partial charge in [-0.2, -0.15) is 0 Å². The lowest BCUT2D eigenvalue weighted by atomic mass is 10.6. The zero-order valence-corrected chi connectivity index (χ0v) is 18.0. The van der Waals surface area contributed by atoms with E-state index in [1.165, 1.54) is 0 Å². The van der Waals surface area contributed by atoms with Gasteiger partial charge in [-0.25, -0.2) is 0 Å². The zero-order valence-electron chi connectivity index (χ0n) is 12.8. The van der Waals surface area contributed by atoms with Crippen LogP contribution in [-0.4, -0.2) is 37.0 Å². The van der Waals surface area contributed by atoms with Gasteiger partial charge in [-0.1, -0.05) is 34.0 Å². The Kier molecular flexibility index (Phi) is 8.57. The largest absolute Gasteiger partial charge is 0.480 e. The third-order valence-corrected chi connectivity index (χ3v) is 13.8. The van der Waals surface area contributed by atoms with E-state index >= 15 is 0 Å². The molecule has 0 radical (unpaired) electrons. The quantitative estimate of drug-likeness (QED) is 0.294. The van der Waals surface area contributed by atoms with Gasteiger partial charge in [0.2, 0.25) is 16.6 Å². The number of hydrogen-bond donors (Lipinski definition) is 0. The molecular weight excluding hydrogens is 403 g/mol. The molecule has 0 atom stereocenters. The fourth-order valence-electron chi connectivity index (χ4n) is 1.48. The van der Waals surface area contributed by atoms with Crippen molar-refractivity contribution in [1.29, 1.82) is 0 Å². The van der Waals surface area contributed by atoms with Crippen LogP contribution in [0.15, 0.2) is 24.6 Å². The molecule has 0 aromatic heterocycles. The SMILES string of the molecule is C=C[Si](C)(C)O[Si](CCCI)(OC)O[Si](C)(C)C=C. The number of alkyl halides is 1. The molecule has 0 fully saturated rings. The van der Waals surface area contributed by atoms with E-state index in [0.29, 0.717) is 0 Å². The smallest absolute Gasteiger partial charge is 0.412 e. The fourth-order valence-corrected chi connectivity index (χ4v) is 12.5. The predicted octanol–water partition coefficient (Wildman–Crippen LogP) is 4.29. The Morgan fingerprint density at radius 1 is 1.00 bits per heavy atom. The average molecular weight is 431 g/mol. The zero-order chi connectivity index (χ0) is 15.2. The Morgan fingerprint density at radius 2 is 1.42 bits per heavy atom. The predicted molar refractivity (Wildman–Crippen MR) is 98.6 cm³/mol. The van der Waals surface area contributed by atoms with E-state index in [9.17, 15) is 0 Å². The summed E-state index contributed by atoms with van der Waals surface area (Å²) in [6, 6.07) is 0.862. The van der Waals surface area contributed by atoms with Crippen LogP contribution < -0.4 is 0 Å². The molecule has 0 unspecified atom stereocenters. The van der Waals surface area contributed by atoms with Crippen LogP contribution in [0.1, 0.15) is 6.42 Å². The molecule has 0 aromatic carbocycles. The normalized spacial score (nSPS) is 13.4. The lowest BCUT2D eigenvalue weighted by molar-refractivity contribution is 0.200.